The van der Waals surface area contributed by atoms with E-state index in [9.17, 15) is 4.79 Å². The van der Waals surface area contributed by atoms with Crippen LogP contribution in [0.15, 0.2) is 42.5 Å². The molecule has 0 aromatic heterocycles. The first-order valence-electron chi connectivity index (χ1n) is 9.61. The van der Waals surface area contributed by atoms with Crippen molar-refractivity contribution in [2.75, 3.05) is 13.1 Å². The number of likely N-dealkylation sites (tertiary alicyclic amines) is 1. The van der Waals surface area contributed by atoms with Crippen LogP contribution in [0.5, 0.6) is 0 Å². The summed E-state index contributed by atoms with van der Waals surface area (Å²) in [6, 6.07) is 14.1. The number of nitrogens with one attached hydrogen (secondary N) is 1. The molecule has 0 atom stereocenters. The fraction of sp³-hybridized carbons (Fsp3) is 0.409. The topological polar surface area (TPSA) is 32.3 Å². The average molecular weight is 405 g/mol. The molecule has 1 saturated heterocycles. The first kappa shape index (κ1) is 20.2. The summed E-state index contributed by atoms with van der Waals surface area (Å²) in [6.45, 7) is 3.99. The number of carbonyl (C=O) groups excluding carboxylic acids is 1. The van der Waals surface area contributed by atoms with Crippen LogP contribution in [0.1, 0.15) is 42.4 Å². The highest BCUT2D eigenvalue weighted by molar-refractivity contribution is 6.42. The quantitative estimate of drug-likeness (QED) is 0.684. The molecule has 27 heavy (non-hydrogen) atoms. The van der Waals surface area contributed by atoms with Crippen LogP contribution in [-0.2, 0) is 24.3 Å². The fourth-order valence-electron chi connectivity index (χ4n) is 3.38. The molecule has 0 saturated carbocycles. The molecule has 2 aromatic rings. The van der Waals surface area contributed by atoms with Crippen LogP contribution >= 0.6 is 23.2 Å². The third-order valence-electron chi connectivity index (χ3n) is 4.99. The molecule has 0 aliphatic carbocycles. The van der Waals surface area contributed by atoms with Gasteiger partial charge in [0.05, 0.1) is 10.0 Å². The molecule has 1 aliphatic rings. The lowest BCUT2D eigenvalue weighted by molar-refractivity contribution is -0.121. The van der Waals surface area contributed by atoms with Gasteiger partial charge in [0.25, 0.3) is 0 Å². The Balaban J connectivity index is 1.41. The maximum atomic E-state index is 12.1. The summed E-state index contributed by atoms with van der Waals surface area (Å²) in [6.07, 6.45) is 5.07. The number of halogens is 2. The van der Waals surface area contributed by atoms with E-state index in [-0.39, 0.29) is 5.91 Å². The van der Waals surface area contributed by atoms with Gasteiger partial charge >= 0.3 is 0 Å². The molecular formula is C22H26Cl2N2O. The highest BCUT2D eigenvalue weighted by atomic mass is 35.5. The number of hydrogen-bond donors (Lipinski definition) is 1. The van der Waals surface area contributed by atoms with E-state index >= 15 is 0 Å². The number of amides is 1. The van der Waals surface area contributed by atoms with Gasteiger partial charge in [-0.05, 0) is 61.2 Å². The third-order valence-corrected chi connectivity index (χ3v) is 5.73. The molecular weight excluding hydrogens is 379 g/mol. The van der Waals surface area contributed by atoms with Crippen molar-refractivity contribution in [1.29, 1.82) is 0 Å². The van der Waals surface area contributed by atoms with Crippen molar-refractivity contribution in [3.63, 3.8) is 0 Å². The molecule has 0 radical (unpaired) electrons. The largest absolute Gasteiger partial charge is 0.352 e. The second-order valence-corrected chi connectivity index (χ2v) is 7.99. The lowest BCUT2D eigenvalue weighted by atomic mass is 10.1. The molecule has 1 N–H and O–H groups in total. The van der Waals surface area contributed by atoms with Gasteiger partial charge in [0, 0.05) is 19.5 Å². The summed E-state index contributed by atoms with van der Waals surface area (Å²) in [5.41, 5.74) is 3.48. The van der Waals surface area contributed by atoms with E-state index in [0.717, 1.165) is 17.7 Å². The van der Waals surface area contributed by atoms with E-state index in [1.807, 2.05) is 12.1 Å². The van der Waals surface area contributed by atoms with Gasteiger partial charge in [-0.3, -0.25) is 9.69 Å². The van der Waals surface area contributed by atoms with E-state index in [1.54, 1.807) is 6.07 Å². The van der Waals surface area contributed by atoms with E-state index in [0.29, 0.717) is 29.4 Å². The Kier molecular flexibility index (Phi) is 7.57. The molecule has 3 nitrogen and oxygen atoms in total. The number of piperidine rings is 1. The zero-order valence-corrected chi connectivity index (χ0v) is 17.0. The Labute approximate surface area is 171 Å². The van der Waals surface area contributed by atoms with Gasteiger partial charge in [-0.1, -0.05) is 60.0 Å². The Bertz CT molecular complexity index is 755. The third kappa shape index (κ3) is 6.53. The predicted molar refractivity (Wildman–Crippen MR) is 112 cm³/mol. The number of aryl methyl sites for hydroxylation is 1. The Morgan fingerprint density at radius 2 is 1.56 bits per heavy atom. The summed E-state index contributed by atoms with van der Waals surface area (Å²) < 4.78 is 0. The van der Waals surface area contributed by atoms with Crippen molar-refractivity contribution >= 4 is 29.1 Å². The van der Waals surface area contributed by atoms with Gasteiger partial charge in [-0.2, -0.15) is 0 Å². The predicted octanol–water partition coefficient (Wildman–Crippen LogP) is 5.23. The first-order chi connectivity index (χ1) is 13.1. The van der Waals surface area contributed by atoms with Crippen molar-refractivity contribution in [2.45, 2.75) is 45.2 Å². The van der Waals surface area contributed by atoms with E-state index in [4.69, 9.17) is 23.2 Å². The fourth-order valence-corrected chi connectivity index (χ4v) is 3.70. The normalized spacial score (nSPS) is 14.9. The van der Waals surface area contributed by atoms with Crippen LogP contribution in [0.25, 0.3) is 0 Å². The Morgan fingerprint density at radius 1 is 0.889 bits per heavy atom. The summed E-state index contributed by atoms with van der Waals surface area (Å²) in [5, 5.41) is 4.05. The summed E-state index contributed by atoms with van der Waals surface area (Å²) in [5.74, 6) is 0.0402. The van der Waals surface area contributed by atoms with Gasteiger partial charge in [-0.25, -0.2) is 0 Å². The molecule has 0 bridgehead atoms. The highest BCUT2D eigenvalue weighted by Gasteiger charge is 2.10. The summed E-state index contributed by atoms with van der Waals surface area (Å²) in [4.78, 5) is 14.6. The molecule has 0 unspecified atom stereocenters. The van der Waals surface area contributed by atoms with Crippen molar-refractivity contribution < 1.29 is 4.79 Å². The van der Waals surface area contributed by atoms with Crippen molar-refractivity contribution in [1.82, 2.24) is 10.2 Å². The minimum Gasteiger partial charge on any atom is -0.352 e. The Morgan fingerprint density at radius 3 is 2.26 bits per heavy atom. The lowest BCUT2D eigenvalue weighted by Crippen LogP contribution is -2.29. The standard InChI is InChI=1S/C22H26Cl2N2O/c23-20-10-8-17(14-21(20)24)9-11-22(27)25-15-18-4-6-19(7-5-18)16-26-12-2-1-3-13-26/h4-8,10,14H,1-3,9,11-13,15-16H2,(H,25,27). The van der Waals surface area contributed by atoms with Gasteiger partial charge < -0.3 is 5.32 Å². The van der Waals surface area contributed by atoms with Gasteiger partial charge in [0.2, 0.25) is 5.91 Å². The summed E-state index contributed by atoms with van der Waals surface area (Å²) >= 11 is 11.9. The average Bonchev–Trinajstić information content (AvgIpc) is 2.69. The second-order valence-electron chi connectivity index (χ2n) is 7.18. The number of rotatable bonds is 7. The molecule has 1 aliphatic heterocycles. The van der Waals surface area contributed by atoms with Crippen LogP contribution in [0, 0.1) is 0 Å². The number of nitrogens with zero attached hydrogens (tertiary/aromatic N) is 1. The van der Waals surface area contributed by atoms with Crippen LogP contribution < -0.4 is 5.32 Å². The van der Waals surface area contributed by atoms with Crippen LogP contribution in [-0.4, -0.2) is 23.9 Å². The van der Waals surface area contributed by atoms with E-state index < -0.39 is 0 Å². The van der Waals surface area contributed by atoms with Gasteiger partial charge in [-0.15, -0.1) is 0 Å². The minimum atomic E-state index is 0.0402. The van der Waals surface area contributed by atoms with Crippen LogP contribution in [0.3, 0.4) is 0 Å². The maximum Gasteiger partial charge on any atom is 0.220 e. The van der Waals surface area contributed by atoms with E-state index in [2.05, 4.69) is 34.5 Å². The first-order valence-corrected chi connectivity index (χ1v) is 10.4. The van der Waals surface area contributed by atoms with Crippen molar-refractivity contribution in [3.05, 3.63) is 69.2 Å². The summed E-state index contributed by atoms with van der Waals surface area (Å²) in [7, 11) is 0. The smallest absolute Gasteiger partial charge is 0.220 e. The SMILES string of the molecule is O=C(CCc1ccc(Cl)c(Cl)c1)NCc1ccc(CN2CCCCC2)cc1. The lowest BCUT2D eigenvalue weighted by Gasteiger charge is -2.26. The zero-order chi connectivity index (χ0) is 19.1. The monoisotopic (exact) mass is 404 g/mol. The van der Waals surface area contributed by atoms with Crippen molar-refractivity contribution in [3.8, 4) is 0 Å². The van der Waals surface area contributed by atoms with Gasteiger partial charge in [0.15, 0.2) is 0 Å². The van der Waals surface area contributed by atoms with E-state index in [1.165, 1.54) is 37.9 Å². The molecule has 1 heterocycles. The molecule has 1 amide bonds. The van der Waals surface area contributed by atoms with Crippen LogP contribution in [0.2, 0.25) is 10.0 Å². The van der Waals surface area contributed by atoms with Crippen LogP contribution in [0.4, 0.5) is 0 Å². The molecule has 144 valence electrons. The minimum absolute atomic E-state index is 0.0402. The molecule has 2 aromatic carbocycles. The number of hydrogen-bond acceptors (Lipinski definition) is 2. The molecule has 5 heteroatoms. The second kappa shape index (κ2) is 10.1. The number of carbonyl (C=O) groups is 1. The van der Waals surface area contributed by atoms with Gasteiger partial charge in [0.1, 0.15) is 0 Å². The zero-order valence-electron chi connectivity index (χ0n) is 15.5. The highest BCUT2D eigenvalue weighted by Crippen LogP contribution is 2.23. The molecule has 0 spiro atoms. The number of benzene rings is 2. The molecule has 3 rings (SSSR count). The Hall–Kier alpha value is -1.55. The molecule has 1 fully saturated rings. The van der Waals surface area contributed by atoms with Crippen molar-refractivity contribution in [2.24, 2.45) is 0 Å². The maximum absolute atomic E-state index is 12.1.